The minimum Gasteiger partial charge on any atom is -0.494 e. The summed E-state index contributed by atoms with van der Waals surface area (Å²) in [6.07, 6.45) is 10.4. The molecule has 14 heteroatoms. The molecule has 3 fully saturated rings. The zero-order valence-corrected chi connectivity index (χ0v) is 40.8. The van der Waals surface area contributed by atoms with E-state index in [-0.39, 0.29) is 76.3 Å². The Morgan fingerprint density at radius 1 is 0.703 bits per heavy atom. The third-order valence-electron chi connectivity index (χ3n) is 12.8. The summed E-state index contributed by atoms with van der Waals surface area (Å²) in [5.41, 5.74) is 3.28. The number of Topliss-reactive ketones (excluding diaryl/α,β-unsaturated/α-hetero) is 4. The van der Waals surface area contributed by atoms with Crippen LogP contribution in [-0.4, -0.2) is 92.9 Å². The number of unbranched alkanes of at least 4 members (excludes halogenated alkanes) is 1. The molecule has 0 N–H and O–H groups in total. The number of carbonyl (C=O) groups excluding carboxylic acids is 4. The smallest absolute Gasteiger partial charge is 0.211 e. The number of sulfonamides is 1. The number of benzene rings is 4. The van der Waals surface area contributed by atoms with Crippen molar-refractivity contribution in [2.45, 2.75) is 89.0 Å². The van der Waals surface area contributed by atoms with Crippen molar-refractivity contribution in [3.05, 3.63) is 91.7 Å². The van der Waals surface area contributed by atoms with Gasteiger partial charge < -0.3 is 25.7 Å². The minimum atomic E-state index is -3.12. The number of likely N-dealkylation sites (N-methyl/N-ethyl adjacent to an activating group) is 1. The SMILES string of the molecule is CCCCOc1ccc2c(ccc3occ(C4CCC(=O)CC4=O)c32)c1.CN(CCOc1ccc2c(ccc3occ(C4CCC(=O)CC4=O)c32)c1)C1CCN(S(C)(=O)=O)CC1.[CH3-].[W]. The molecule has 2 atom stereocenters. The zero-order valence-electron chi connectivity index (χ0n) is 37.1. The van der Waals surface area contributed by atoms with E-state index in [1.165, 1.54) is 6.26 Å². The third kappa shape index (κ3) is 10.7. The normalized spacial score (nSPS) is 18.9. The van der Waals surface area contributed by atoms with Crippen LogP contribution in [-0.2, 0) is 50.3 Å². The summed E-state index contributed by atoms with van der Waals surface area (Å²) in [7, 11) is -1.06. The fourth-order valence-corrected chi connectivity index (χ4v) is 10.1. The maximum atomic E-state index is 12.6. The summed E-state index contributed by atoms with van der Waals surface area (Å²) in [5.74, 6) is 1.10. The molecule has 0 amide bonds. The molecular weight excluding hydrogens is 1000 g/mol. The van der Waals surface area contributed by atoms with Crippen LogP contribution in [0, 0.1) is 7.43 Å². The van der Waals surface area contributed by atoms with Gasteiger partial charge in [0.05, 0.1) is 38.2 Å². The number of carbonyl (C=O) groups is 4. The van der Waals surface area contributed by atoms with Crippen molar-refractivity contribution < 1.29 is 67.0 Å². The second kappa shape index (κ2) is 21.1. The van der Waals surface area contributed by atoms with E-state index in [1.807, 2.05) is 60.7 Å². The maximum absolute atomic E-state index is 12.6. The molecule has 6 aromatic rings. The zero-order chi connectivity index (χ0) is 43.5. The van der Waals surface area contributed by atoms with Crippen LogP contribution < -0.4 is 9.47 Å². The summed E-state index contributed by atoms with van der Waals surface area (Å²) in [6, 6.07) is 20.2. The third-order valence-corrected chi connectivity index (χ3v) is 14.1. The van der Waals surface area contributed by atoms with Crippen LogP contribution in [0.2, 0.25) is 0 Å². The van der Waals surface area contributed by atoms with Crippen LogP contribution in [0.25, 0.3) is 43.5 Å². The number of nitrogens with zero attached hydrogens (tertiary/aromatic N) is 2. The standard InChI is InChI=1S/C27H32N2O6S.C22H22O4.CH3.W/c1-28(19-9-11-29(12-10-19)36(2,32)33)13-14-34-21-5-7-22-18(15-21)3-8-26-27(22)24(17-35-26)23-6-4-20(30)16-25(23)31;1-2-3-10-25-16-6-8-17-14(11-16)4-9-21-22(17)19(13-26-21)18-7-5-15(23)12-20(18)24;;/h3,5,7-8,15,17,19,23H,4,6,9-14,16H2,1-2H3;4,6,8-9,11,13,18H,2-3,5,7,10,12H2,1H3;1H3;/q;;-1;. The Balaban J connectivity index is 0.000000216. The van der Waals surface area contributed by atoms with Gasteiger partial charge in [0.25, 0.3) is 0 Å². The van der Waals surface area contributed by atoms with E-state index in [4.69, 9.17) is 18.3 Å². The van der Waals surface area contributed by atoms with Gasteiger partial charge in [0, 0.05) is 93.3 Å². The summed E-state index contributed by atoms with van der Waals surface area (Å²) in [5, 5.41) is 6.04. The molecule has 1 aliphatic heterocycles. The average molecular weight is 1060 g/mol. The number of hydrogen-bond acceptors (Lipinski definition) is 11. The molecule has 12 nitrogen and oxygen atoms in total. The van der Waals surface area contributed by atoms with Crippen LogP contribution in [0.15, 0.2) is 82.0 Å². The van der Waals surface area contributed by atoms with E-state index in [0.717, 1.165) is 98.3 Å². The van der Waals surface area contributed by atoms with Crippen molar-refractivity contribution in [3.8, 4) is 11.5 Å². The van der Waals surface area contributed by atoms with Crippen molar-refractivity contribution in [3.63, 3.8) is 0 Å². The van der Waals surface area contributed by atoms with E-state index in [9.17, 15) is 27.6 Å². The van der Waals surface area contributed by atoms with Gasteiger partial charge >= 0.3 is 0 Å². The first-order chi connectivity index (χ1) is 29.9. The number of hydrogen-bond donors (Lipinski definition) is 0. The quantitative estimate of drug-likeness (QED) is 0.0655. The molecule has 0 radical (unpaired) electrons. The Hall–Kier alpha value is -4.68. The Morgan fingerprint density at radius 2 is 1.19 bits per heavy atom. The molecule has 9 rings (SSSR count). The first kappa shape index (κ1) is 48.8. The summed E-state index contributed by atoms with van der Waals surface area (Å²) in [6.45, 7) is 5.25. The van der Waals surface area contributed by atoms with Crippen molar-refractivity contribution in [2.24, 2.45) is 0 Å². The number of piperidine rings is 1. The Kier molecular flexibility index (Phi) is 16.1. The van der Waals surface area contributed by atoms with Crippen LogP contribution in [0.3, 0.4) is 0 Å². The largest absolute Gasteiger partial charge is 0.494 e. The summed E-state index contributed by atoms with van der Waals surface area (Å²) < 4.78 is 48.4. The Labute approximate surface area is 389 Å². The average Bonchev–Trinajstić information content (AvgIpc) is 3.89. The molecule has 2 saturated carbocycles. The molecule has 3 aliphatic rings. The van der Waals surface area contributed by atoms with Gasteiger partial charge in [-0.15, -0.1) is 0 Å². The second-order valence-electron chi connectivity index (χ2n) is 17.0. The number of ketones is 4. The fourth-order valence-electron chi connectivity index (χ4n) is 9.27. The van der Waals surface area contributed by atoms with Gasteiger partial charge in [-0.3, -0.25) is 24.1 Å². The molecular formula is C50H57N2O10SW-. The topological polar surface area (TPSA) is 154 Å². The van der Waals surface area contributed by atoms with E-state index in [0.29, 0.717) is 58.0 Å². The van der Waals surface area contributed by atoms with Gasteiger partial charge in [-0.2, -0.15) is 0 Å². The van der Waals surface area contributed by atoms with E-state index in [2.05, 4.69) is 18.9 Å². The Bertz CT molecular complexity index is 2770. The second-order valence-corrected chi connectivity index (χ2v) is 19.0. The maximum Gasteiger partial charge on any atom is 0.211 e. The predicted molar refractivity (Wildman–Crippen MR) is 245 cm³/mol. The Morgan fingerprint density at radius 3 is 1.64 bits per heavy atom. The van der Waals surface area contributed by atoms with Gasteiger partial charge in [0.1, 0.15) is 52.4 Å². The monoisotopic (exact) mass is 1060 g/mol. The van der Waals surface area contributed by atoms with Crippen LogP contribution in [0.5, 0.6) is 11.5 Å². The molecule has 64 heavy (non-hydrogen) atoms. The van der Waals surface area contributed by atoms with Crippen LogP contribution in [0.4, 0.5) is 0 Å². The van der Waals surface area contributed by atoms with Gasteiger partial charge in [0.2, 0.25) is 10.0 Å². The molecule has 2 aliphatic carbocycles. The summed E-state index contributed by atoms with van der Waals surface area (Å²) >= 11 is 0. The molecule has 0 bridgehead atoms. The molecule has 4 aromatic carbocycles. The molecule has 2 aromatic heterocycles. The predicted octanol–water partition coefficient (Wildman–Crippen LogP) is 9.34. The number of fused-ring (bicyclic) bond motifs is 6. The van der Waals surface area contributed by atoms with Crippen molar-refractivity contribution >= 4 is 76.6 Å². The van der Waals surface area contributed by atoms with Crippen molar-refractivity contribution in [1.29, 1.82) is 0 Å². The first-order valence-electron chi connectivity index (χ1n) is 21.8. The van der Waals surface area contributed by atoms with Gasteiger partial charge in [-0.1, -0.05) is 25.5 Å². The number of ether oxygens (including phenoxy) is 2. The van der Waals surface area contributed by atoms with E-state index < -0.39 is 10.0 Å². The van der Waals surface area contributed by atoms with Gasteiger partial charge in [-0.25, -0.2) is 12.7 Å². The molecule has 3 heterocycles. The van der Waals surface area contributed by atoms with E-state index >= 15 is 0 Å². The van der Waals surface area contributed by atoms with E-state index in [1.54, 1.807) is 16.8 Å². The number of furan rings is 2. The first-order valence-corrected chi connectivity index (χ1v) is 23.6. The van der Waals surface area contributed by atoms with Crippen LogP contribution in [0.1, 0.15) is 94.1 Å². The van der Waals surface area contributed by atoms with Gasteiger partial charge in [-0.05, 0) is 109 Å². The van der Waals surface area contributed by atoms with Gasteiger partial charge in [0.15, 0.2) is 0 Å². The molecule has 340 valence electrons. The molecule has 2 unspecified atom stereocenters. The minimum absolute atomic E-state index is 0. The number of rotatable bonds is 12. The van der Waals surface area contributed by atoms with Crippen molar-refractivity contribution in [1.82, 2.24) is 9.21 Å². The molecule has 0 spiro atoms. The molecule has 1 saturated heterocycles. The fraction of sp³-hybridized carbons (Fsp3) is 0.420. The van der Waals surface area contributed by atoms with Crippen LogP contribution >= 0.6 is 0 Å². The van der Waals surface area contributed by atoms with Crippen molar-refractivity contribution in [2.75, 3.05) is 46.2 Å². The summed E-state index contributed by atoms with van der Waals surface area (Å²) in [4.78, 5) is 50.5.